The van der Waals surface area contributed by atoms with Crippen LogP contribution in [0.3, 0.4) is 0 Å². The molecule has 0 fully saturated rings. The summed E-state index contributed by atoms with van der Waals surface area (Å²) in [6.45, 7) is 1.82. The van der Waals surface area contributed by atoms with E-state index in [1.807, 2.05) is 41.7 Å². The fourth-order valence-corrected chi connectivity index (χ4v) is 3.23. The van der Waals surface area contributed by atoms with Gasteiger partial charge in [0.25, 0.3) is 0 Å². The second kappa shape index (κ2) is 7.15. The number of halogens is 1. The molecule has 1 aromatic heterocycles. The van der Waals surface area contributed by atoms with Crippen molar-refractivity contribution in [3.8, 4) is 0 Å². The zero-order valence-electron chi connectivity index (χ0n) is 13.1. The van der Waals surface area contributed by atoms with Crippen molar-refractivity contribution in [3.63, 3.8) is 0 Å². The molecular formula is C17H20ClN3O2. The summed E-state index contributed by atoms with van der Waals surface area (Å²) in [5, 5.41) is 0.717. The molecule has 1 aliphatic rings. The quantitative estimate of drug-likeness (QED) is 0.845. The first kappa shape index (κ1) is 16.0. The van der Waals surface area contributed by atoms with Crippen LogP contribution < -0.4 is 0 Å². The van der Waals surface area contributed by atoms with Crippen LogP contribution in [0.15, 0.2) is 36.8 Å². The molecule has 3 rings (SSSR count). The highest BCUT2D eigenvalue weighted by atomic mass is 35.5. The number of imidazole rings is 1. The molecular weight excluding hydrogens is 314 g/mol. The van der Waals surface area contributed by atoms with Gasteiger partial charge < -0.3 is 14.2 Å². The van der Waals surface area contributed by atoms with Crippen molar-refractivity contribution < 1.29 is 9.53 Å². The number of rotatable bonds is 5. The third-order valence-electron chi connectivity index (χ3n) is 4.20. The van der Waals surface area contributed by atoms with Gasteiger partial charge in [-0.3, -0.25) is 4.79 Å². The molecule has 0 aliphatic carbocycles. The summed E-state index contributed by atoms with van der Waals surface area (Å²) in [6.07, 6.45) is 4.74. The Morgan fingerprint density at radius 1 is 1.43 bits per heavy atom. The zero-order valence-corrected chi connectivity index (χ0v) is 13.9. The number of amides is 1. The summed E-state index contributed by atoms with van der Waals surface area (Å²) in [6, 6.07) is 7.79. The second-order valence-electron chi connectivity index (χ2n) is 5.77. The van der Waals surface area contributed by atoms with Gasteiger partial charge in [0.15, 0.2) is 0 Å². The minimum absolute atomic E-state index is 0.121. The smallest absolute Gasteiger partial charge is 0.223 e. The SMILES string of the molecule is COC[C@@H]1CN(C(=O)CCc2ccccc2Cl)Cc2cncn21. The highest BCUT2D eigenvalue weighted by molar-refractivity contribution is 6.31. The number of aromatic nitrogens is 2. The molecule has 1 atom stereocenters. The van der Waals surface area contributed by atoms with Gasteiger partial charge in [0, 0.05) is 31.3 Å². The lowest BCUT2D eigenvalue weighted by molar-refractivity contribution is -0.133. The fraction of sp³-hybridized carbons (Fsp3) is 0.412. The van der Waals surface area contributed by atoms with Gasteiger partial charge in [-0.15, -0.1) is 0 Å². The van der Waals surface area contributed by atoms with Gasteiger partial charge in [-0.2, -0.15) is 0 Å². The number of benzene rings is 1. The lowest BCUT2D eigenvalue weighted by atomic mass is 10.1. The maximum Gasteiger partial charge on any atom is 0.223 e. The molecule has 1 amide bonds. The van der Waals surface area contributed by atoms with Gasteiger partial charge in [-0.1, -0.05) is 29.8 Å². The topological polar surface area (TPSA) is 47.4 Å². The highest BCUT2D eigenvalue weighted by Crippen LogP contribution is 2.23. The predicted octanol–water partition coefficient (Wildman–Crippen LogP) is 2.70. The molecule has 1 aliphatic heterocycles. The lowest BCUT2D eigenvalue weighted by Crippen LogP contribution is -2.42. The van der Waals surface area contributed by atoms with Crippen LogP contribution in [-0.2, 0) is 22.5 Å². The Bertz CT molecular complexity index is 686. The fourth-order valence-electron chi connectivity index (χ4n) is 3.00. The van der Waals surface area contributed by atoms with E-state index in [1.165, 1.54) is 0 Å². The van der Waals surface area contributed by atoms with E-state index < -0.39 is 0 Å². The normalized spacial score (nSPS) is 17.1. The molecule has 0 saturated carbocycles. The molecule has 6 heteroatoms. The standard InChI is InChI=1S/C17H20ClN3O2/c1-23-11-15-10-20(9-14-8-19-12-21(14)15)17(22)7-6-13-4-2-3-5-16(13)18/h2-5,8,12,15H,6-7,9-11H2,1H3/t15-/m0/s1. The molecule has 23 heavy (non-hydrogen) atoms. The summed E-state index contributed by atoms with van der Waals surface area (Å²) in [5.41, 5.74) is 2.06. The van der Waals surface area contributed by atoms with Crippen molar-refractivity contribution in [2.24, 2.45) is 0 Å². The summed E-state index contributed by atoms with van der Waals surface area (Å²) < 4.78 is 7.38. The number of carbonyl (C=O) groups excluding carboxylic acids is 1. The Morgan fingerprint density at radius 3 is 3.04 bits per heavy atom. The number of hydrogen-bond acceptors (Lipinski definition) is 3. The van der Waals surface area contributed by atoms with Crippen LogP contribution in [0.5, 0.6) is 0 Å². The Balaban J connectivity index is 1.65. The van der Waals surface area contributed by atoms with Crippen LogP contribution in [0.2, 0.25) is 5.02 Å². The molecule has 2 aromatic rings. The van der Waals surface area contributed by atoms with E-state index in [-0.39, 0.29) is 11.9 Å². The van der Waals surface area contributed by atoms with Crippen LogP contribution in [-0.4, -0.2) is 40.6 Å². The third kappa shape index (κ3) is 3.57. The van der Waals surface area contributed by atoms with Gasteiger partial charge in [0.2, 0.25) is 5.91 Å². The molecule has 122 valence electrons. The van der Waals surface area contributed by atoms with Crippen LogP contribution >= 0.6 is 11.6 Å². The molecule has 0 saturated heterocycles. The number of methoxy groups -OCH3 is 1. The van der Waals surface area contributed by atoms with Gasteiger partial charge in [0.1, 0.15) is 0 Å². The minimum atomic E-state index is 0.121. The van der Waals surface area contributed by atoms with Crippen molar-refractivity contribution in [1.82, 2.24) is 14.5 Å². The number of aryl methyl sites for hydroxylation is 1. The molecule has 5 nitrogen and oxygen atoms in total. The Morgan fingerprint density at radius 2 is 2.26 bits per heavy atom. The van der Waals surface area contributed by atoms with Crippen molar-refractivity contribution in [3.05, 3.63) is 53.1 Å². The molecule has 0 N–H and O–H groups in total. The first-order valence-corrected chi connectivity index (χ1v) is 8.07. The number of carbonyl (C=O) groups is 1. The molecule has 0 spiro atoms. The lowest BCUT2D eigenvalue weighted by Gasteiger charge is -2.34. The monoisotopic (exact) mass is 333 g/mol. The number of fused-ring (bicyclic) bond motifs is 1. The Hall–Kier alpha value is -1.85. The summed E-state index contributed by atoms with van der Waals surface area (Å²) >= 11 is 6.16. The van der Waals surface area contributed by atoms with Gasteiger partial charge >= 0.3 is 0 Å². The molecule has 0 radical (unpaired) electrons. The van der Waals surface area contributed by atoms with E-state index >= 15 is 0 Å². The summed E-state index contributed by atoms with van der Waals surface area (Å²) in [7, 11) is 1.68. The second-order valence-corrected chi connectivity index (χ2v) is 6.17. The van der Waals surface area contributed by atoms with Gasteiger partial charge in [-0.25, -0.2) is 4.98 Å². The molecule has 0 bridgehead atoms. The van der Waals surface area contributed by atoms with Gasteiger partial charge in [0.05, 0.1) is 31.2 Å². The Labute approximate surface area is 140 Å². The predicted molar refractivity (Wildman–Crippen MR) is 88.3 cm³/mol. The molecule has 0 unspecified atom stereocenters. The van der Waals surface area contributed by atoms with Crippen LogP contribution in [0.25, 0.3) is 0 Å². The number of nitrogens with zero attached hydrogens (tertiary/aromatic N) is 3. The average molecular weight is 334 g/mol. The van der Waals surface area contributed by atoms with Crippen molar-refractivity contribution in [2.45, 2.75) is 25.4 Å². The van der Waals surface area contributed by atoms with E-state index in [1.54, 1.807) is 7.11 Å². The largest absolute Gasteiger partial charge is 0.382 e. The summed E-state index contributed by atoms with van der Waals surface area (Å²) in [5.74, 6) is 0.137. The molecule has 2 heterocycles. The minimum Gasteiger partial charge on any atom is -0.382 e. The van der Waals surface area contributed by atoms with E-state index in [4.69, 9.17) is 16.3 Å². The van der Waals surface area contributed by atoms with Crippen LogP contribution in [0.4, 0.5) is 0 Å². The van der Waals surface area contributed by atoms with Crippen LogP contribution in [0, 0.1) is 0 Å². The number of hydrogen-bond donors (Lipinski definition) is 0. The van der Waals surface area contributed by atoms with Crippen LogP contribution in [0.1, 0.15) is 23.7 Å². The van der Waals surface area contributed by atoms with Gasteiger partial charge in [-0.05, 0) is 18.1 Å². The molecule has 1 aromatic carbocycles. The Kier molecular flexibility index (Phi) is 4.98. The van der Waals surface area contributed by atoms with E-state index in [9.17, 15) is 4.79 Å². The van der Waals surface area contributed by atoms with Crippen molar-refractivity contribution >= 4 is 17.5 Å². The average Bonchev–Trinajstić information content (AvgIpc) is 3.03. The van der Waals surface area contributed by atoms with Crippen molar-refractivity contribution in [2.75, 3.05) is 20.3 Å². The zero-order chi connectivity index (χ0) is 16.2. The number of ether oxygens (including phenoxy) is 1. The van der Waals surface area contributed by atoms with E-state index in [0.717, 1.165) is 11.3 Å². The highest BCUT2D eigenvalue weighted by Gasteiger charge is 2.27. The van der Waals surface area contributed by atoms with Crippen molar-refractivity contribution in [1.29, 1.82) is 0 Å². The van der Waals surface area contributed by atoms with E-state index in [2.05, 4.69) is 9.55 Å². The first-order valence-electron chi connectivity index (χ1n) is 7.70. The summed E-state index contributed by atoms with van der Waals surface area (Å²) in [4.78, 5) is 18.7. The first-order chi connectivity index (χ1) is 11.2. The third-order valence-corrected chi connectivity index (χ3v) is 4.57. The van der Waals surface area contributed by atoms with E-state index in [0.29, 0.717) is 37.6 Å². The maximum absolute atomic E-state index is 12.6. The maximum atomic E-state index is 12.6.